The summed E-state index contributed by atoms with van der Waals surface area (Å²) in [6.07, 6.45) is 1.74. The Morgan fingerprint density at radius 3 is 2.11 bits per heavy atom. The number of hydrogen-bond acceptors (Lipinski definition) is 7. The molecular weight excluding hydrogens is 499 g/mol. The van der Waals surface area contributed by atoms with Crippen LogP contribution in [0.4, 0.5) is 13.2 Å². The smallest absolute Gasteiger partial charge is 0.291 e. The fourth-order valence-electron chi connectivity index (χ4n) is 6.90. The van der Waals surface area contributed by atoms with Gasteiger partial charge in [0.15, 0.2) is 5.82 Å². The highest BCUT2D eigenvalue weighted by Gasteiger charge is 2.54. The van der Waals surface area contributed by atoms with Gasteiger partial charge < -0.3 is 0 Å². The van der Waals surface area contributed by atoms with E-state index in [1.807, 2.05) is 11.5 Å². The van der Waals surface area contributed by atoms with Gasteiger partial charge in [0, 0.05) is 5.54 Å². The van der Waals surface area contributed by atoms with Crippen LogP contribution in [0.5, 0.6) is 0 Å². The first-order valence-electron chi connectivity index (χ1n) is 11.7. The Hall–Kier alpha value is -2.34. The van der Waals surface area contributed by atoms with Crippen molar-refractivity contribution in [3.8, 4) is 10.7 Å². The number of nitrogens with zero attached hydrogens (tertiary/aromatic N) is 5. The number of aryl methyl sites for hydroxylation is 1. The van der Waals surface area contributed by atoms with Crippen molar-refractivity contribution in [2.45, 2.75) is 68.1 Å². The third-order valence-electron chi connectivity index (χ3n) is 7.88. The van der Waals surface area contributed by atoms with Crippen molar-refractivity contribution in [3.05, 3.63) is 41.1 Å². The van der Waals surface area contributed by atoms with Crippen LogP contribution in [0, 0.1) is 24.7 Å². The van der Waals surface area contributed by atoms with E-state index < -0.39 is 27.3 Å². The van der Waals surface area contributed by atoms with Gasteiger partial charge in [0.2, 0.25) is 9.84 Å². The highest BCUT2D eigenvalue weighted by molar-refractivity contribution is 7.90. The van der Waals surface area contributed by atoms with Gasteiger partial charge in [0.05, 0.1) is 17.0 Å². The Labute approximate surface area is 204 Å². The molecule has 186 valence electrons. The quantitative estimate of drug-likeness (QED) is 0.466. The van der Waals surface area contributed by atoms with Gasteiger partial charge in [-0.2, -0.15) is 13.2 Å². The predicted molar refractivity (Wildman–Crippen MR) is 122 cm³/mol. The van der Waals surface area contributed by atoms with E-state index in [-0.39, 0.29) is 16.3 Å². The lowest BCUT2D eigenvalue weighted by Gasteiger charge is -2.57. The summed E-state index contributed by atoms with van der Waals surface area (Å²) in [5, 5.41) is 12.5. The van der Waals surface area contributed by atoms with Crippen molar-refractivity contribution in [3.63, 3.8) is 0 Å². The van der Waals surface area contributed by atoms with Gasteiger partial charge in [-0.25, -0.2) is 8.42 Å². The summed E-state index contributed by atoms with van der Waals surface area (Å²) in [6.45, 7) is 1.81. The van der Waals surface area contributed by atoms with Gasteiger partial charge in [0.25, 0.3) is 5.16 Å². The summed E-state index contributed by atoms with van der Waals surface area (Å²) in [5.74, 6) is 1.70. The molecular formula is C23H24F3N5O2S2. The Morgan fingerprint density at radius 2 is 1.60 bits per heavy atom. The number of hydrogen-bond donors (Lipinski definition) is 0. The van der Waals surface area contributed by atoms with E-state index in [1.165, 1.54) is 42.9 Å². The van der Waals surface area contributed by atoms with Gasteiger partial charge in [-0.15, -0.1) is 15.3 Å². The normalized spacial score (nSPS) is 28.1. The zero-order chi connectivity index (χ0) is 24.6. The van der Waals surface area contributed by atoms with Gasteiger partial charge in [-0.3, -0.25) is 4.57 Å². The fraction of sp³-hybridized carbons (Fsp3) is 0.565. The topological polar surface area (TPSA) is 90.6 Å². The van der Waals surface area contributed by atoms with Crippen LogP contribution in [-0.4, -0.2) is 32.8 Å². The molecule has 0 aliphatic heterocycles. The minimum Gasteiger partial charge on any atom is -0.291 e. The van der Waals surface area contributed by atoms with Crippen molar-refractivity contribution in [1.29, 1.82) is 0 Å². The Morgan fingerprint density at radius 1 is 1.00 bits per heavy atom. The van der Waals surface area contributed by atoms with Crippen molar-refractivity contribution >= 4 is 21.4 Å². The summed E-state index contributed by atoms with van der Waals surface area (Å²) in [6, 6.07) is 4.24. The van der Waals surface area contributed by atoms with Crippen molar-refractivity contribution < 1.29 is 21.6 Å². The van der Waals surface area contributed by atoms with E-state index in [2.05, 4.69) is 19.8 Å². The molecule has 2 heterocycles. The molecule has 4 bridgehead atoms. The molecule has 35 heavy (non-hydrogen) atoms. The van der Waals surface area contributed by atoms with E-state index >= 15 is 0 Å². The molecule has 7 nitrogen and oxygen atoms in total. The molecule has 0 spiro atoms. The van der Waals surface area contributed by atoms with Gasteiger partial charge in [-0.1, -0.05) is 16.6 Å². The molecule has 4 fully saturated rings. The predicted octanol–water partition coefficient (Wildman–Crippen LogP) is 5.02. The average Bonchev–Trinajstić information content (AvgIpc) is 3.39. The van der Waals surface area contributed by atoms with Gasteiger partial charge in [0.1, 0.15) is 4.88 Å². The lowest BCUT2D eigenvalue weighted by Crippen LogP contribution is -2.52. The van der Waals surface area contributed by atoms with Crippen LogP contribution in [0.1, 0.15) is 55.3 Å². The first-order chi connectivity index (χ1) is 16.5. The highest BCUT2D eigenvalue weighted by atomic mass is 32.2. The lowest BCUT2D eigenvalue weighted by atomic mass is 9.53. The van der Waals surface area contributed by atoms with Crippen LogP contribution in [-0.2, 0) is 27.3 Å². The van der Waals surface area contributed by atoms with Crippen molar-refractivity contribution in [2.75, 3.05) is 0 Å². The molecule has 4 aliphatic rings. The molecule has 1 aromatic carbocycles. The molecule has 3 aromatic rings. The maximum Gasteiger partial charge on any atom is 0.416 e. The number of sulfone groups is 1. The minimum absolute atomic E-state index is 0.109. The summed E-state index contributed by atoms with van der Waals surface area (Å²) >= 11 is 1.17. The van der Waals surface area contributed by atoms with Crippen LogP contribution in [0.3, 0.4) is 0 Å². The molecule has 2 aromatic heterocycles. The summed E-state index contributed by atoms with van der Waals surface area (Å²) in [4.78, 5) is 0.698. The number of rotatable bonds is 5. The van der Waals surface area contributed by atoms with Crippen LogP contribution in [0.15, 0.2) is 29.4 Å². The standard InChI is InChI=1S/C23H24F3N5O2S2/c1-13-19(34-30-27-13)20-28-29-21(31(20)22-9-15-6-16(10-22)8-17(7-15)11-22)35(32,33)12-14-2-4-18(5-3-14)23(24,25)26/h2-5,15-17H,6-12H2,1H3. The maximum atomic E-state index is 13.7. The van der Waals surface area contributed by atoms with E-state index in [1.54, 1.807) is 0 Å². The SMILES string of the molecule is Cc1nnsc1-c1nnc(S(=O)(=O)Cc2ccc(C(F)(F)F)cc2)n1C12CC3CC(CC(C3)C1)C2. The number of alkyl halides is 3. The molecule has 0 amide bonds. The number of benzene rings is 1. The molecule has 7 rings (SSSR count). The van der Waals surface area contributed by atoms with Gasteiger partial charge >= 0.3 is 6.18 Å². The molecule has 0 unspecified atom stereocenters. The van der Waals surface area contributed by atoms with Gasteiger partial charge in [-0.05, 0) is 92.4 Å². The van der Waals surface area contributed by atoms with Crippen LogP contribution < -0.4 is 0 Å². The maximum absolute atomic E-state index is 13.7. The zero-order valence-corrected chi connectivity index (χ0v) is 20.6. The van der Waals surface area contributed by atoms with Crippen molar-refractivity contribution in [2.24, 2.45) is 17.8 Å². The van der Waals surface area contributed by atoms with E-state index in [9.17, 15) is 21.6 Å². The average molecular weight is 524 g/mol. The van der Waals surface area contributed by atoms with Crippen molar-refractivity contribution in [1.82, 2.24) is 24.4 Å². The largest absolute Gasteiger partial charge is 0.416 e. The monoisotopic (exact) mass is 523 g/mol. The Bertz CT molecular complexity index is 1340. The zero-order valence-electron chi connectivity index (χ0n) is 19.0. The Kier molecular flexibility index (Phi) is 5.16. The second-order valence-corrected chi connectivity index (χ2v) is 13.1. The van der Waals surface area contributed by atoms with E-state index in [0.29, 0.717) is 34.1 Å². The minimum atomic E-state index is -4.48. The van der Waals surface area contributed by atoms with E-state index in [4.69, 9.17) is 0 Å². The third kappa shape index (κ3) is 3.89. The first kappa shape index (κ1) is 23.1. The third-order valence-corrected chi connectivity index (χ3v) is 10.2. The molecule has 4 aliphatic carbocycles. The molecule has 0 N–H and O–H groups in total. The fourth-order valence-corrected chi connectivity index (χ4v) is 9.01. The highest BCUT2D eigenvalue weighted by Crippen LogP contribution is 2.60. The molecule has 0 atom stereocenters. The lowest BCUT2D eigenvalue weighted by molar-refractivity contribution is -0.137. The second kappa shape index (κ2) is 7.83. The summed E-state index contributed by atoms with van der Waals surface area (Å²) in [7, 11) is -4.00. The summed E-state index contributed by atoms with van der Waals surface area (Å²) < 4.78 is 72.1. The number of aromatic nitrogens is 5. The van der Waals surface area contributed by atoms with E-state index in [0.717, 1.165) is 31.4 Å². The Balaban J connectivity index is 1.44. The first-order valence-corrected chi connectivity index (χ1v) is 14.1. The molecule has 12 heteroatoms. The molecule has 4 saturated carbocycles. The molecule has 0 saturated heterocycles. The molecule has 0 radical (unpaired) electrons. The number of halogens is 3. The van der Waals surface area contributed by atoms with Crippen LogP contribution in [0.25, 0.3) is 10.7 Å². The summed E-state index contributed by atoms with van der Waals surface area (Å²) in [5.41, 5.74) is -0.256. The van der Waals surface area contributed by atoms with Crippen LogP contribution >= 0.6 is 11.5 Å². The second-order valence-electron chi connectivity index (χ2n) is 10.4. The van der Waals surface area contributed by atoms with Crippen LogP contribution in [0.2, 0.25) is 0 Å².